The van der Waals surface area contributed by atoms with Crippen LogP contribution in [0, 0.1) is 0 Å². The molecule has 0 amide bonds. The van der Waals surface area contributed by atoms with E-state index in [-0.39, 0.29) is 0 Å². The summed E-state index contributed by atoms with van der Waals surface area (Å²) in [6.45, 7) is 4.43. The Bertz CT molecular complexity index is 256. The summed E-state index contributed by atoms with van der Waals surface area (Å²) >= 11 is 0. The minimum atomic E-state index is 0.603. The van der Waals surface area contributed by atoms with Crippen molar-refractivity contribution in [3.05, 3.63) is 24.0 Å². The van der Waals surface area contributed by atoms with Gasteiger partial charge < -0.3 is 4.74 Å². The van der Waals surface area contributed by atoms with Gasteiger partial charge in [0.25, 0.3) is 0 Å². The average molecular weight is 193 g/mol. The van der Waals surface area contributed by atoms with Crippen molar-refractivity contribution in [3.8, 4) is 5.75 Å². The third kappa shape index (κ3) is 2.72. The molecular formula is C12H19NO. The van der Waals surface area contributed by atoms with E-state index in [1.54, 1.807) is 13.3 Å². The van der Waals surface area contributed by atoms with Gasteiger partial charge in [-0.05, 0) is 25.0 Å². The topological polar surface area (TPSA) is 22.1 Å². The number of ether oxygens (including phenoxy) is 1. The molecule has 0 saturated carbocycles. The molecule has 0 aliphatic rings. The second-order valence-corrected chi connectivity index (χ2v) is 3.52. The summed E-state index contributed by atoms with van der Waals surface area (Å²) in [5.41, 5.74) is 1.19. The van der Waals surface area contributed by atoms with Crippen LogP contribution in [0.2, 0.25) is 0 Å². The summed E-state index contributed by atoms with van der Waals surface area (Å²) in [4.78, 5) is 4.41. The number of pyridine rings is 1. The molecule has 0 fully saturated rings. The molecule has 0 aliphatic heterocycles. The van der Waals surface area contributed by atoms with Crippen molar-refractivity contribution in [2.45, 2.75) is 39.0 Å². The van der Waals surface area contributed by atoms with Crippen molar-refractivity contribution in [1.29, 1.82) is 0 Å². The van der Waals surface area contributed by atoms with Crippen LogP contribution >= 0.6 is 0 Å². The average Bonchev–Trinajstić information content (AvgIpc) is 2.26. The van der Waals surface area contributed by atoms with Gasteiger partial charge in [0.2, 0.25) is 0 Å². The minimum Gasteiger partial charge on any atom is -0.495 e. The molecule has 1 aromatic rings. The number of methoxy groups -OCH3 is 1. The lowest BCUT2D eigenvalue weighted by atomic mass is 9.96. The first kappa shape index (κ1) is 11.0. The van der Waals surface area contributed by atoms with Crippen molar-refractivity contribution in [3.63, 3.8) is 0 Å². The van der Waals surface area contributed by atoms with Gasteiger partial charge in [-0.3, -0.25) is 4.98 Å². The highest BCUT2D eigenvalue weighted by Crippen LogP contribution is 2.23. The van der Waals surface area contributed by atoms with Crippen molar-refractivity contribution in [2.24, 2.45) is 0 Å². The predicted octanol–water partition coefficient (Wildman–Crippen LogP) is 3.38. The second-order valence-electron chi connectivity index (χ2n) is 3.52. The zero-order valence-electron chi connectivity index (χ0n) is 9.29. The molecule has 14 heavy (non-hydrogen) atoms. The third-order valence-electron chi connectivity index (χ3n) is 2.54. The standard InChI is InChI=1S/C12H19NO/c1-4-6-10(5-2)12-8-7-11(14-3)9-13-12/h7-10H,4-6H2,1-3H3. The number of hydrogen-bond acceptors (Lipinski definition) is 2. The summed E-state index contributed by atoms with van der Waals surface area (Å²) in [6, 6.07) is 4.06. The predicted molar refractivity (Wildman–Crippen MR) is 58.7 cm³/mol. The molecular weight excluding hydrogens is 174 g/mol. The molecule has 0 aliphatic carbocycles. The van der Waals surface area contributed by atoms with Gasteiger partial charge in [-0.25, -0.2) is 0 Å². The van der Waals surface area contributed by atoms with Gasteiger partial charge in [0, 0.05) is 11.6 Å². The molecule has 0 radical (unpaired) electrons. The minimum absolute atomic E-state index is 0.603. The molecule has 1 unspecified atom stereocenters. The molecule has 2 heteroatoms. The summed E-state index contributed by atoms with van der Waals surface area (Å²) in [5, 5.41) is 0. The first-order valence-electron chi connectivity index (χ1n) is 5.31. The first-order valence-corrected chi connectivity index (χ1v) is 5.31. The van der Waals surface area contributed by atoms with E-state index in [0.29, 0.717) is 5.92 Å². The van der Waals surface area contributed by atoms with Crippen LogP contribution in [0.1, 0.15) is 44.7 Å². The lowest BCUT2D eigenvalue weighted by Crippen LogP contribution is -1.99. The lowest BCUT2D eigenvalue weighted by molar-refractivity contribution is 0.412. The van der Waals surface area contributed by atoms with Crippen LogP contribution < -0.4 is 4.74 Å². The van der Waals surface area contributed by atoms with Crippen molar-refractivity contribution < 1.29 is 4.74 Å². The molecule has 0 saturated heterocycles. The highest BCUT2D eigenvalue weighted by Gasteiger charge is 2.09. The fourth-order valence-corrected chi connectivity index (χ4v) is 1.66. The van der Waals surface area contributed by atoms with Gasteiger partial charge in [0.05, 0.1) is 13.3 Å². The number of rotatable bonds is 5. The Balaban J connectivity index is 2.73. The fourth-order valence-electron chi connectivity index (χ4n) is 1.66. The highest BCUT2D eigenvalue weighted by molar-refractivity contribution is 5.21. The molecule has 1 heterocycles. The summed E-state index contributed by atoms with van der Waals surface area (Å²) in [7, 11) is 1.67. The second kappa shape index (κ2) is 5.63. The largest absolute Gasteiger partial charge is 0.495 e. The van der Waals surface area contributed by atoms with Crippen LogP contribution in [0.5, 0.6) is 5.75 Å². The number of hydrogen-bond donors (Lipinski definition) is 0. The van der Waals surface area contributed by atoms with Gasteiger partial charge >= 0.3 is 0 Å². The van der Waals surface area contributed by atoms with E-state index in [1.165, 1.54) is 18.5 Å². The van der Waals surface area contributed by atoms with Crippen LogP contribution in [-0.2, 0) is 0 Å². The Morgan fingerprint density at radius 2 is 2.14 bits per heavy atom. The molecule has 1 aromatic heterocycles. The maximum atomic E-state index is 5.08. The maximum absolute atomic E-state index is 5.08. The quantitative estimate of drug-likeness (QED) is 0.715. The van der Waals surface area contributed by atoms with E-state index in [0.717, 1.165) is 12.2 Å². The van der Waals surface area contributed by atoms with E-state index >= 15 is 0 Å². The third-order valence-corrected chi connectivity index (χ3v) is 2.54. The fraction of sp³-hybridized carbons (Fsp3) is 0.583. The van der Waals surface area contributed by atoms with E-state index in [2.05, 4.69) is 24.9 Å². The van der Waals surface area contributed by atoms with Gasteiger partial charge in [0.15, 0.2) is 0 Å². The molecule has 1 atom stereocenters. The van der Waals surface area contributed by atoms with Gasteiger partial charge in [0.1, 0.15) is 5.75 Å². The molecule has 0 aromatic carbocycles. The van der Waals surface area contributed by atoms with Gasteiger partial charge in [-0.2, -0.15) is 0 Å². The molecule has 2 nitrogen and oxygen atoms in total. The molecule has 1 rings (SSSR count). The number of aromatic nitrogens is 1. The Hall–Kier alpha value is -1.05. The first-order chi connectivity index (χ1) is 6.81. The molecule has 0 spiro atoms. The van der Waals surface area contributed by atoms with Crippen LogP contribution in [0.25, 0.3) is 0 Å². The molecule has 0 bridgehead atoms. The van der Waals surface area contributed by atoms with E-state index in [4.69, 9.17) is 4.74 Å². The van der Waals surface area contributed by atoms with E-state index < -0.39 is 0 Å². The Labute approximate surface area is 86.3 Å². The van der Waals surface area contributed by atoms with Gasteiger partial charge in [-0.1, -0.05) is 20.3 Å². The smallest absolute Gasteiger partial charge is 0.137 e. The van der Waals surface area contributed by atoms with Crippen LogP contribution in [-0.4, -0.2) is 12.1 Å². The Kier molecular flexibility index (Phi) is 4.44. The van der Waals surface area contributed by atoms with E-state index in [1.807, 2.05) is 6.07 Å². The van der Waals surface area contributed by atoms with Crippen LogP contribution in [0.15, 0.2) is 18.3 Å². The monoisotopic (exact) mass is 193 g/mol. The zero-order chi connectivity index (χ0) is 10.4. The summed E-state index contributed by atoms with van der Waals surface area (Å²) in [5.74, 6) is 1.44. The number of nitrogens with zero attached hydrogens (tertiary/aromatic N) is 1. The lowest BCUT2D eigenvalue weighted by Gasteiger charge is -2.13. The van der Waals surface area contributed by atoms with Gasteiger partial charge in [-0.15, -0.1) is 0 Å². The summed E-state index contributed by atoms with van der Waals surface area (Å²) < 4.78 is 5.08. The van der Waals surface area contributed by atoms with Crippen LogP contribution in [0.3, 0.4) is 0 Å². The molecule has 0 N–H and O–H groups in total. The van der Waals surface area contributed by atoms with Crippen molar-refractivity contribution in [1.82, 2.24) is 4.98 Å². The van der Waals surface area contributed by atoms with Crippen LogP contribution in [0.4, 0.5) is 0 Å². The van der Waals surface area contributed by atoms with Crippen molar-refractivity contribution in [2.75, 3.05) is 7.11 Å². The maximum Gasteiger partial charge on any atom is 0.137 e. The Morgan fingerprint density at radius 3 is 2.57 bits per heavy atom. The highest BCUT2D eigenvalue weighted by atomic mass is 16.5. The normalized spacial score (nSPS) is 12.5. The van der Waals surface area contributed by atoms with E-state index in [9.17, 15) is 0 Å². The summed E-state index contributed by atoms with van der Waals surface area (Å²) in [6.07, 6.45) is 5.39. The Morgan fingerprint density at radius 1 is 1.36 bits per heavy atom. The SMILES string of the molecule is CCCC(CC)c1ccc(OC)cn1. The molecule has 78 valence electrons. The van der Waals surface area contributed by atoms with Crippen molar-refractivity contribution >= 4 is 0 Å². The zero-order valence-corrected chi connectivity index (χ0v) is 9.29.